The van der Waals surface area contributed by atoms with Crippen molar-refractivity contribution in [1.82, 2.24) is 30.0 Å². The summed E-state index contributed by atoms with van der Waals surface area (Å²) in [7, 11) is 0. The monoisotopic (exact) mass is 395 g/mol. The zero-order valence-electron chi connectivity index (χ0n) is 15.0. The summed E-state index contributed by atoms with van der Waals surface area (Å²) in [6.07, 6.45) is 5.04. The maximum atomic E-state index is 12.2. The number of nitrogens with one attached hydrogen (secondary N) is 2. The summed E-state index contributed by atoms with van der Waals surface area (Å²) >= 11 is 1.53. The Bertz CT molecular complexity index is 1070. The predicted molar refractivity (Wildman–Crippen MR) is 105 cm³/mol. The van der Waals surface area contributed by atoms with Crippen molar-refractivity contribution in [3.63, 3.8) is 0 Å². The first kappa shape index (κ1) is 17.9. The molecule has 2 N–H and O–H groups in total. The Morgan fingerprint density at radius 1 is 1.25 bits per heavy atom. The van der Waals surface area contributed by atoms with E-state index in [2.05, 4.69) is 30.7 Å². The lowest BCUT2D eigenvalue weighted by molar-refractivity contribution is 0.0946. The summed E-state index contributed by atoms with van der Waals surface area (Å²) in [6.45, 7) is 2.81. The first-order valence-electron chi connectivity index (χ1n) is 8.56. The SMILES string of the molecule is Cc1nccn1-c1cc(NCCNC(=O)c2cc(-c3cccs3)on2)ncn1. The van der Waals surface area contributed by atoms with E-state index in [1.807, 2.05) is 41.3 Å². The van der Waals surface area contributed by atoms with E-state index < -0.39 is 0 Å². The van der Waals surface area contributed by atoms with Crippen LogP contribution >= 0.6 is 11.3 Å². The van der Waals surface area contributed by atoms with E-state index >= 15 is 0 Å². The number of hydrogen-bond donors (Lipinski definition) is 2. The average molecular weight is 395 g/mol. The van der Waals surface area contributed by atoms with Gasteiger partial charge < -0.3 is 15.2 Å². The van der Waals surface area contributed by atoms with Crippen molar-refractivity contribution in [3.8, 4) is 16.5 Å². The number of nitrogens with zero attached hydrogens (tertiary/aromatic N) is 5. The Morgan fingerprint density at radius 3 is 2.96 bits per heavy atom. The molecule has 0 aliphatic rings. The predicted octanol–water partition coefficient (Wildman–Crippen LogP) is 2.53. The van der Waals surface area contributed by atoms with E-state index in [0.29, 0.717) is 24.7 Å². The highest BCUT2D eigenvalue weighted by atomic mass is 32.1. The lowest BCUT2D eigenvalue weighted by atomic mass is 10.3. The smallest absolute Gasteiger partial charge is 0.273 e. The second-order valence-corrected chi connectivity index (χ2v) is 6.79. The molecule has 142 valence electrons. The highest BCUT2D eigenvalue weighted by molar-refractivity contribution is 7.13. The number of thiophene rings is 1. The molecule has 0 radical (unpaired) electrons. The van der Waals surface area contributed by atoms with Gasteiger partial charge in [-0.15, -0.1) is 11.3 Å². The second-order valence-electron chi connectivity index (χ2n) is 5.84. The molecular weight excluding hydrogens is 378 g/mol. The number of rotatable bonds is 7. The Hall–Kier alpha value is -3.53. The Morgan fingerprint density at radius 2 is 2.18 bits per heavy atom. The molecule has 1 amide bonds. The van der Waals surface area contributed by atoms with Gasteiger partial charge in [-0.3, -0.25) is 9.36 Å². The summed E-state index contributed by atoms with van der Waals surface area (Å²) in [5, 5.41) is 11.7. The zero-order valence-corrected chi connectivity index (χ0v) is 15.8. The quantitative estimate of drug-likeness (QED) is 0.463. The van der Waals surface area contributed by atoms with Crippen LogP contribution in [0.4, 0.5) is 5.82 Å². The minimum Gasteiger partial charge on any atom is -0.368 e. The Balaban J connectivity index is 1.29. The number of aryl methyl sites for hydroxylation is 1. The van der Waals surface area contributed by atoms with Crippen LogP contribution < -0.4 is 10.6 Å². The molecule has 9 nitrogen and oxygen atoms in total. The first-order valence-corrected chi connectivity index (χ1v) is 9.44. The van der Waals surface area contributed by atoms with Gasteiger partial charge in [-0.25, -0.2) is 15.0 Å². The van der Waals surface area contributed by atoms with Gasteiger partial charge in [-0.05, 0) is 18.4 Å². The summed E-state index contributed by atoms with van der Waals surface area (Å²) in [5.41, 5.74) is 0.253. The van der Waals surface area contributed by atoms with Crippen LogP contribution in [-0.2, 0) is 0 Å². The Kier molecular flexibility index (Phi) is 5.11. The molecule has 0 unspecified atom stereocenters. The van der Waals surface area contributed by atoms with Crippen molar-refractivity contribution in [2.24, 2.45) is 0 Å². The van der Waals surface area contributed by atoms with Gasteiger partial charge in [-0.1, -0.05) is 11.2 Å². The van der Waals surface area contributed by atoms with E-state index in [9.17, 15) is 4.79 Å². The molecule has 0 saturated heterocycles. The molecule has 4 rings (SSSR count). The third-order valence-electron chi connectivity index (χ3n) is 3.95. The number of imidazole rings is 1. The van der Waals surface area contributed by atoms with Crippen LogP contribution in [0, 0.1) is 6.92 Å². The third-order valence-corrected chi connectivity index (χ3v) is 4.83. The molecule has 0 atom stereocenters. The number of aromatic nitrogens is 5. The topological polar surface area (TPSA) is 111 Å². The van der Waals surface area contributed by atoms with E-state index in [-0.39, 0.29) is 11.6 Å². The molecule has 4 aromatic rings. The molecule has 0 aliphatic carbocycles. The maximum absolute atomic E-state index is 12.2. The van der Waals surface area contributed by atoms with Crippen molar-refractivity contribution < 1.29 is 9.32 Å². The van der Waals surface area contributed by atoms with Crippen LogP contribution in [0.5, 0.6) is 0 Å². The second kappa shape index (κ2) is 8.01. The molecule has 0 bridgehead atoms. The van der Waals surface area contributed by atoms with Gasteiger partial charge in [0.1, 0.15) is 23.8 Å². The molecule has 0 fully saturated rings. The van der Waals surface area contributed by atoms with Crippen LogP contribution in [0.25, 0.3) is 16.5 Å². The fourth-order valence-corrected chi connectivity index (χ4v) is 3.24. The van der Waals surface area contributed by atoms with E-state index in [4.69, 9.17) is 4.52 Å². The van der Waals surface area contributed by atoms with Crippen LogP contribution in [0.2, 0.25) is 0 Å². The van der Waals surface area contributed by atoms with Crippen LogP contribution in [0.15, 0.2) is 52.9 Å². The molecule has 0 saturated carbocycles. The number of amides is 1. The van der Waals surface area contributed by atoms with Crippen LogP contribution in [-0.4, -0.2) is 43.7 Å². The van der Waals surface area contributed by atoms with Gasteiger partial charge in [0.05, 0.1) is 4.88 Å². The standard InChI is InChI=1S/C18H17N7O2S/c1-12-19-6-7-25(12)17-10-16(22-11-23-17)20-4-5-21-18(26)13-9-14(27-24-13)15-3-2-8-28-15/h2-3,6-11H,4-5H2,1H3,(H,21,26)(H,20,22,23). The lowest BCUT2D eigenvalue weighted by Gasteiger charge is -2.08. The number of hydrogen-bond acceptors (Lipinski definition) is 8. The Labute approximate surface area is 164 Å². The van der Waals surface area contributed by atoms with Crippen molar-refractivity contribution >= 4 is 23.1 Å². The van der Waals surface area contributed by atoms with Gasteiger partial charge >= 0.3 is 0 Å². The van der Waals surface area contributed by atoms with Gasteiger partial charge in [0.25, 0.3) is 5.91 Å². The normalized spacial score (nSPS) is 10.8. The highest BCUT2D eigenvalue weighted by Crippen LogP contribution is 2.25. The maximum Gasteiger partial charge on any atom is 0.273 e. The first-order chi connectivity index (χ1) is 13.7. The third kappa shape index (κ3) is 3.91. The van der Waals surface area contributed by atoms with Crippen molar-refractivity contribution in [2.45, 2.75) is 6.92 Å². The van der Waals surface area contributed by atoms with Gasteiger partial charge in [0.2, 0.25) is 0 Å². The molecule has 0 aliphatic heterocycles. The van der Waals surface area contributed by atoms with Gasteiger partial charge in [0.15, 0.2) is 11.5 Å². The number of carbonyl (C=O) groups is 1. The summed E-state index contributed by atoms with van der Waals surface area (Å²) in [5.74, 6) is 2.52. The average Bonchev–Trinajstić information content (AvgIpc) is 3.46. The highest BCUT2D eigenvalue weighted by Gasteiger charge is 2.13. The van der Waals surface area contributed by atoms with Crippen molar-refractivity contribution in [3.05, 3.63) is 59.9 Å². The van der Waals surface area contributed by atoms with E-state index in [0.717, 1.165) is 16.5 Å². The largest absolute Gasteiger partial charge is 0.368 e. The molecular formula is C18H17N7O2S. The van der Waals surface area contributed by atoms with E-state index in [1.54, 1.807) is 12.3 Å². The molecule has 4 aromatic heterocycles. The van der Waals surface area contributed by atoms with Gasteiger partial charge in [-0.2, -0.15) is 0 Å². The minimum atomic E-state index is -0.286. The van der Waals surface area contributed by atoms with Crippen molar-refractivity contribution in [2.75, 3.05) is 18.4 Å². The fraction of sp³-hybridized carbons (Fsp3) is 0.167. The molecule has 4 heterocycles. The van der Waals surface area contributed by atoms with E-state index in [1.165, 1.54) is 17.7 Å². The lowest BCUT2D eigenvalue weighted by Crippen LogP contribution is -2.29. The number of anilines is 1. The number of carbonyl (C=O) groups excluding carboxylic acids is 1. The summed E-state index contributed by atoms with van der Waals surface area (Å²) in [4.78, 5) is 25.7. The van der Waals surface area contributed by atoms with Crippen LogP contribution in [0.1, 0.15) is 16.3 Å². The molecule has 0 spiro atoms. The fourth-order valence-electron chi connectivity index (χ4n) is 2.57. The zero-order chi connectivity index (χ0) is 19.3. The molecule has 28 heavy (non-hydrogen) atoms. The summed E-state index contributed by atoms with van der Waals surface area (Å²) < 4.78 is 7.09. The molecule has 0 aromatic carbocycles. The van der Waals surface area contributed by atoms with Crippen molar-refractivity contribution in [1.29, 1.82) is 0 Å². The van der Waals surface area contributed by atoms with Crippen LogP contribution in [0.3, 0.4) is 0 Å². The summed E-state index contributed by atoms with van der Waals surface area (Å²) in [6, 6.07) is 7.29. The minimum absolute atomic E-state index is 0.253. The van der Waals surface area contributed by atoms with Gasteiger partial charge in [0, 0.05) is 37.6 Å². The molecule has 10 heteroatoms.